The van der Waals surface area contributed by atoms with Crippen LogP contribution >= 0.6 is 0 Å². The van der Waals surface area contributed by atoms with E-state index in [1.165, 1.54) is 0 Å². The molecule has 0 bridgehead atoms. The van der Waals surface area contributed by atoms with Gasteiger partial charge in [-0.05, 0) is 6.92 Å². The molecule has 0 unspecified atom stereocenters. The van der Waals surface area contributed by atoms with Gasteiger partial charge in [0.2, 0.25) is 0 Å². The van der Waals surface area contributed by atoms with Crippen molar-refractivity contribution in [2.75, 3.05) is 5.32 Å². The van der Waals surface area contributed by atoms with Gasteiger partial charge >= 0.3 is 0 Å². The van der Waals surface area contributed by atoms with Crippen molar-refractivity contribution in [2.24, 2.45) is 0 Å². The summed E-state index contributed by atoms with van der Waals surface area (Å²) in [5, 5.41) is 13.4. The number of nitrogens with one attached hydrogen (secondary N) is 1. The number of nitro groups is 1. The summed E-state index contributed by atoms with van der Waals surface area (Å²) in [5.41, 5.74) is -0.987. The topological polar surface area (TPSA) is 73.0 Å². The molecule has 1 heterocycles. The standard InChI is InChI=1S/C12H12F2N4O2/c1-2-17-4-3-15-11(17)7-16-12-9(14)5-8(13)6-10(12)18(19)20/h3-6,16H,2,7H2,1H3. The molecule has 1 aromatic carbocycles. The van der Waals surface area contributed by atoms with Gasteiger partial charge in [0, 0.05) is 25.0 Å². The van der Waals surface area contributed by atoms with E-state index in [-0.39, 0.29) is 12.2 Å². The Kier molecular flexibility index (Phi) is 3.92. The van der Waals surface area contributed by atoms with Crippen LogP contribution in [0.4, 0.5) is 20.2 Å². The molecule has 0 atom stereocenters. The zero-order chi connectivity index (χ0) is 14.7. The lowest BCUT2D eigenvalue weighted by molar-refractivity contribution is -0.384. The molecule has 1 N–H and O–H groups in total. The maximum Gasteiger partial charge on any atom is 0.298 e. The Morgan fingerprint density at radius 3 is 2.85 bits per heavy atom. The minimum absolute atomic E-state index is 0.101. The normalized spacial score (nSPS) is 10.6. The lowest BCUT2D eigenvalue weighted by atomic mass is 10.2. The number of aromatic nitrogens is 2. The minimum Gasteiger partial charge on any atom is -0.370 e. The molecule has 0 radical (unpaired) electrons. The van der Waals surface area contributed by atoms with E-state index < -0.39 is 22.2 Å². The number of benzene rings is 1. The summed E-state index contributed by atoms with van der Waals surface area (Å²) >= 11 is 0. The Balaban J connectivity index is 2.27. The maximum absolute atomic E-state index is 13.6. The Labute approximate surface area is 113 Å². The first-order valence-electron chi connectivity index (χ1n) is 5.90. The van der Waals surface area contributed by atoms with Crippen LogP contribution in [0, 0.1) is 21.7 Å². The Hall–Kier alpha value is -2.51. The van der Waals surface area contributed by atoms with E-state index >= 15 is 0 Å². The number of hydrogen-bond donors (Lipinski definition) is 1. The van der Waals surface area contributed by atoms with Crippen molar-refractivity contribution in [2.45, 2.75) is 20.0 Å². The summed E-state index contributed by atoms with van der Waals surface area (Å²) in [6, 6.07) is 1.28. The average molecular weight is 282 g/mol. The molecule has 1 aromatic heterocycles. The van der Waals surface area contributed by atoms with Crippen LogP contribution in [-0.2, 0) is 13.1 Å². The molecule has 0 saturated heterocycles. The summed E-state index contributed by atoms with van der Waals surface area (Å²) in [7, 11) is 0. The van der Waals surface area contributed by atoms with E-state index in [4.69, 9.17) is 0 Å². The molecule has 6 nitrogen and oxygen atoms in total. The van der Waals surface area contributed by atoms with Crippen LogP contribution < -0.4 is 5.32 Å². The van der Waals surface area contributed by atoms with Gasteiger partial charge in [-0.15, -0.1) is 0 Å². The van der Waals surface area contributed by atoms with Gasteiger partial charge in [0.25, 0.3) is 5.69 Å². The molecule has 0 amide bonds. The highest BCUT2D eigenvalue weighted by Crippen LogP contribution is 2.28. The molecule has 106 valence electrons. The number of hydrogen-bond acceptors (Lipinski definition) is 4. The SMILES string of the molecule is CCn1ccnc1CNc1c(F)cc(F)cc1[N+](=O)[O-]. The van der Waals surface area contributed by atoms with E-state index in [2.05, 4.69) is 10.3 Å². The predicted molar refractivity (Wildman–Crippen MR) is 68.2 cm³/mol. The molecule has 2 aromatic rings. The van der Waals surface area contributed by atoms with Crippen molar-refractivity contribution in [3.63, 3.8) is 0 Å². The van der Waals surface area contributed by atoms with Crippen molar-refractivity contribution in [1.82, 2.24) is 9.55 Å². The quantitative estimate of drug-likeness (QED) is 0.676. The molecule has 2 rings (SSSR count). The third-order valence-corrected chi connectivity index (χ3v) is 2.80. The summed E-state index contributed by atoms with van der Waals surface area (Å²) < 4.78 is 28.5. The molecule has 0 aliphatic carbocycles. The number of rotatable bonds is 5. The van der Waals surface area contributed by atoms with Gasteiger partial charge in [0.15, 0.2) is 5.82 Å². The smallest absolute Gasteiger partial charge is 0.298 e. The molecule has 0 aliphatic rings. The predicted octanol–water partition coefficient (Wildman–Crippen LogP) is 2.70. The van der Waals surface area contributed by atoms with Crippen molar-refractivity contribution >= 4 is 11.4 Å². The minimum atomic E-state index is -1.01. The van der Waals surface area contributed by atoms with Crippen LogP contribution in [0.25, 0.3) is 0 Å². The molecule has 0 fully saturated rings. The van der Waals surface area contributed by atoms with Gasteiger partial charge in [-0.25, -0.2) is 13.8 Å². The zero-order valence-electron chi connectivity index (χ0n) is 10.6. The van der Waals surface area contributed by atoms with Crippen LogP contribution in [0.15, 0.2) is 24.5 Å². The van der Waals surface area contributed by atoms with E-state index in [1.54, 1.807) is 17.0 Å². The van der Waals surface area contributed by atoms with Crippen LogP contribution in [-0.4, -0.2) is 14.5 Å². The van der Waals surface area contributed by atoms with Gasteiger partial charge in [-0.2, -0.15) is 0 Å². The first-order chi connectivity index (χ1) is 9.52. The van der Waals surface area contributed by atoms with Crippen molar-refractivity contribution in [3.05, 3.63) is 52.1 Å². The summed E-state index contributed by atoms with van der Waals surface area (Å²) in [4.78, 5) is 14.0. The van der Waals surface area contributed by atoms with Crippen molar-refractivity contribution < 1.29 is 13.7 Å². The van der Waals surface area contributed by atoms with Gasteiger partial charge in [-0.1, -0.05) is 0 Å². The third kappa shape index (κ3) is 2.73. The van der Waals surface area contributed by atoms with Crippen LogP contribution in [0.2, 0.25) is 0 Å². The Bertz CT molecular complexity index is 642. The van der Waals surface area contributed by atoms with Crippen LogP contribution in [0.3, 0.4) is 0 Å². The van der Waals surface area contributed by atoms with Gasteiger partial charge in [0.1, 0.15) is 17.3 Å². The zero-order valence-corrected chi connectivity index (χ0v) is 10.6. The van der Waals surface area contributed by atoms with Crippen molar-refractivity contribution in [3.8, 4) is 0 Å². The molecule has 0 spiro atoms. The number of aryl methyl sites for hydroxylation is 1. The lowest BCUT2D eigenvalue weighted by Crippen LogP contribution is -2.10. The highest BCUT2D eigenvalue weighted by molar-refractivity contribution is 5.62. The van der Waals surface area contributed by atoms with Crippen molar-refractivity contribution in [1.29, 1.82) is 0 Å². The van der Waals surface area contributed by atoms with Gasteiger partial charge in [0.05, 0.1) is 17.5 Å². The first-order valence-corrected chi connectivity index (χ1v) is 5.90. The largest absolute Gasteiger partial charge is 0.370 e. The monoisotopic (exact) mass is 282 g/mol. The highest BCUT2D eigenvalue weighted by Gasteiger charge is 2.20. The fourth-order valence-corrected chi connectivity index (χ4v) is 1.84. The Morgan fingerprint density at radius 2 is 2.20 bits per heavy atom. The molecule has 8 heteroatoms. The van der Waals surface area contributed by atoms with E-state index in [0.29, 0.717) is 24.5 Å². The first kappa shape index (κ1) is 13.9. The number of nitro benzene ring substituents is 1. The van der Waals surface area contributed by atoms with E-state index in [0.717, 1.165) is 0 Å². The summed E-state index contributed by atoms with van der Waals surface area (Å²) in [5.74, 6) is -1.40. The average Bonchev–Trinajstić information content (AvgIpc) is 2.84. The van der Waals surface area contributed by atoms with Gasteiger partial charge in [-0.3, -0.25) is 10.1 Å². The summed E-state index contributed by atoms with van der Waals surface area (Å²) in [6.07, 6.45) is 3.32. The third-order valence-electron chi connectivity index (χ3n) is 2.80. The molecule has 0 aliphatic heterocycles. The van der Waals surface area contributed by atoms with Gasteiger partial charge < -0.3 is 9.88 Å². The fourth-order valence-electron chi connectivity index (χ4n) is 1.84. The molecular formula is C12H12F2N4O2. The maximum atomic E-state index is 13.6. The second-order valence-electron chi connectivity index (χ2n) is 4.02. The van der Waals surface area contributed by atoms with E-state index in [1.807, 2.05) is 6.92 Å². The molecule has 20 heavy (non-hydrogen) atoms. The number of imidazole rings is 1. The molecular weight excluding hydrogens is 270 g/mol. The summed E-state index contributed by atoms with van der Waals surface area (Å²) in [6.45, 7) is 2.68. The van der Waals surface area contributed by atoms with E-state index in [9.17, 15) is 18.9 Å². The fraction of sp³-hybridized carbons (Fsp3) is 0.250. The van der Waals surface area contributed by atoms with Crippen LogP contribution in [0.5, 0.6) is 0 Å². The number of halogens is 2. The van der Waals surface area contributed by atoms with Crippen LogP contribution in [0.1, 0.15) is 12.7 Å². The second kappa shape index (κ2) is 5.64. The molecule has 0 saturated carbocycles. The highest BCUT2D eigenvalue weighted by atomic mass is 19.1. The number of anilines is 1. The Morgan fingerprint density at radius 1 is 1.45 bits per heavy atom. The second-order valence-corrected chi connectivity index (χ2v) is 4.02. The number of nitrogens with zero attached hydrogens (tertiary/aromatic N) is 3. The lowest BCUT2D eigenvalue weighted by Gasteiger charge is -2.09.